The van der Waals surface area contributed by atoms with Crippen molar-refractivity contribution in [2.24, 2.45) is 0 Å². The summed E-state index contributed by atoms with van der Waals surface area (Å²) in [5, 5.41) is 23.3. The standard InChI is InChI=1S/C12H13N5O2/c1-12(19)6-17(7-12)11(18)9-4-2-3-8(5-9)10-13-15-16-14-10/h2-5,19H,6-7H2,1H3,(H,13,14,15,16). The second-order valence-electron chi connectivity index (χ2n) is 4.97. The molecule has 2 heterocycles. The van der Waals surface area contributed by atoms with Crippen LogP contribution in [0.5, 0.6) is 0 Å². The zero-order valence-electron chi connectivity index (χ0n) is 10.4. The van der Waals surface area contributed by atoms with Crippen molar-refractivity contribution in [2.75, 3.05) is 13.1 Å². The van der Waals surface area contributed by atoms with Crippen LogP contribution in [0.25, 0.3) is 11.4 Å². The van der Waals surface area contributed by atoms with Crippen molar-refractivity contribution in [1.29, 1.82) is 0 Å². The Morgan fingerprint density at radius 3 is 2.89 bits per heavy atom. The van der Waals surface area contributed by atoms with E-state index in [2.05, 4.69) is 20.6 Å². The molecular weight excluding hydrogens is 246 g/mol. The van der Waals surface area contributed by atoms with Crippen LogP contribution in [0.1, 0.15) is 17.3 Å². The van der Waals surface area contributed by atoms with Crippen LogP contribution in [0.3, 0.4) is 0 Å². The van der Waals surface area contributed by atoms with E-state index >= 15 is 0 Å². The molecule has 3 rings (SSSR count). The van der Waals surface area contributed by atoms with Gasteiger partial charge in [-0.25, -0.2) is 0 Å². The first-order valence-electron chi connectivity index (χ1n) is 5.91. The Morgan fingerprint density at radius 1 is 1.47 bits per heavy atom. The van der Waals surface area contributed by atoms with Gasteiger partial charge in [-0.15, -0.1) is 10.2 Å². The normalized spacial score (nSPS) is 17.1. The average Bonchev–Trinajstić information content (AvgIpc) is 2.89. The Kier molecular flexibility index (Phi) is 2.56. The molecule has 98 valence electrons. The molecule has 0 spiro atoms. The van der Waals surface area contributed by atoms with Gasteiger partial charge in [-0.2, -0.15) is 5.21 Å². The molecule has 0 saturated carbocycles. The zero-order valence-corrected chi connectivity index (χ0v) is 10.4. The third-order valence-electron chi connectivity index (χ3n) is 3.06. The molecule has 0 atom stereocenters. The lowest BCUT2D eigenvalue weighted by Gasteiger charge is -2.44. The number of rotatable bonds is 2. The predicted molar refractivity (Wildman–Crippen MR) is 66.1 cm³/mol. The van der Waals surface area contributed by atoms with Crippen LogP contribution in [-0.2, 0) is 0 Å². The molecule has 7 nitrogen and oxygen atoms in total. The Hall–Kier alpha value is -2.28. The Morgan fingerprint density at radius 2 is 2.26 bits per heavy atom. The summed E-state index contributed by atoms with van der Waals surface area (Å²) in [6, 6.07) is 7.05. The molecule has 0 unspecified atom stereocenters. The van der Waals surface area contributed by atoms with E-state index in [1.165, 1.54) is 0 Å². The van der Waals surface area contributed by atoms with Gasteiger partial charge in [0, 0.05) is 11.1 Å². The predicted octanol–water partition coefficient (Wildman–Crippen LogP) is 0.0735. The number of nitrogens with zero attached hydrogens (tertiary/aromatic N) is 4. The summed E-state index contributed by atoms with van der Waals surface area (Å²) in [4.78, 5) is 13.8. The van der Waals surface area contributed by atoms with Crippen LogP contribution in [0.4, 0.5) is 0 Å². The first kappa shape index (κ1) is 11.8. The largest absolute Gasteiger partial charge is 0.386 e. The molecule has 1 amide bonds. The number of H-pyrrole nitrogens is 1. The average molecular weight is 259 g/mol. The van der Waals surface area contributed by atoms with Crippen molar-refractivity contribution in [3.63, 3.8) is 0 Å². The van der Waals surface area contributed by atoms with Crippen molar-refractivity contribution in [2.45, 2.75) is 12.5 Å². The number of tetrazole rings is 1. The summed E-state index contributed by atoms with van der Waals surface area (Å²) < 4.78 is 0. The molecule has 7 heteroatoms. The number of benzene rings is 1. The first-order chi connectivity index (χ1) is 9.05. The number of amides is 1. The van der Waals surface area contributed by atoms with Crippen molar-refractivity contribution < 1.29 is 9.90 Å². The Bertz CT molecular complexity index is 600. The van der Waals surface area contributed by atoms with Gasteiger partial charge in [0.2, 0.25) is 5.82 Å². The van der Waals surface area contributed by atoms with Crippen LogP contribution in [0.2, 0.25) is 0 Å². The fourth-order valence-electron chi connectivity index (χ4n) is 2.18. The molecule has 0 bridgehead atoms. The van der Waals surface area contributed by atoms with Crippen molar-refractivity contribution in [3.05, 3.63) is 29.8 Å². The Balaban J connectivity index is 1.82. The number of nitrogens with one attached hydrogen (secondary N) is 1. The molecule has 1 aromatic carbocycles. The van der Waals surface area contributed by atoms with E-state index in [4.69, 9.17) is 0 Å². The van der Waals surface area contributed by atoms with Crippen LogP contribution in [0, 0.1) is 0 Å². The number of likely N-dealkylation sites (tertiary alicyclic amines) is 1. The minimum absolute atomic E-state index is 0.100. The highest BCUT2D eigenvalue weighted by Crippen LogP contribution is 2.23. The highest BCUT2D eigenvalue weighted by Gasteiger charge is 2.39. The number of aromatic amines is 1. The molecular formula is C12H13N5O2. The summed E-state index contributed by atoms with van der Waals surface area (Å²) >= 11 is 0. The Labute approximate surface area is 109 Å². The van der Waals surface area contributed by atoms with Gasteiger partial charge in [-0.3, -0.25) is 4.79 Å². The quantitative estimate of drug-likeness (QED) is 0.796. The van der Waals surface area contributed by atoms with Crippen LogP contribution in [0.15, 0.2) is 24.3 Å². The van der Waals surface area contributed by atoms with Gasteiger partial charge in [0.1, 0.15) is 0 Å². The SMILES string of the molecule is CC1(O)CN(C(=O)c2cccc(-c3nn[nH]n3)c2)C1. The highest BCUT2D eigenvalue weighted by molar-refractivity contribution is 5.96. The lowest BCUT2D eigenvalue weighted by Crippen LogP contribution is -2.61. The smallest absolute Gasteiger partial charge is 0.254 e. The van der Waals surface area contributed by atoms with E-state index in [9.17, 15) is 9.90 Å². The number of hydrogen-bond acceptors (Lipinski definition) is 5. The first-order valence-corrected chi connectivity index (χ1v) is 5.91. The van der Waals surface area contributed by atoms with E-state index in [0.717, 1.165) is 5.56 Å². The van der Waals surface area contributed by atoms with E-state index in [0.29, 0.717) is 24.5 Å². The highest BCUT2D eigenvalue weighted by atomic mass is 16.3. The number of aromatic nitrogens is 4. The molecule has 2 N–H and O–H groups in total. The van der Waals surface area contributed by atoms with Gasteiger partial charge in [-0.05, 0) is 24.3 Å². The molecule has 1 aliphatic rings. The molecule has 2 aromatic rings. The molecule has 19 heavy (non-hydrogen) atoms. The van der Waals surface area contributed by atoms with Crippen LogP contribution < -0.4 is 0 Å². The third-order valence-corrected chi connectivity index (χ3v) is 3.06. The minimum Gasteiger partial charge on any atom is -0.386 e. The fraction of sp³-hybridized carbons (Fsp3) is 0.333. The summed E-state index contributed by atoms with van der Waals surface area (Å²) in [5.41, 5.74) is 0.519. The number of carbonyl (C=O) groups excluding carboxylic acids is 1. The van der Waals surface area contributed by atoms with Crippen molar-refractivity contribution in [3.8, 4) is 11.4 Å². The molecule has 1 aliphatic heterocycles. The molecule has 0 aliphatic carbocycles. The van der Waals surface area contributed by atoms with E-state index < -0.39 is 5.60 Å². The summed E-state index contributed by atoms with van der Waals surface area (Å²) in [6.45, 7) is 2.43. The summed E-state index contributed by atoms with van der Waals surface area (Å²) in [6.07, 6.45) is 0. The molecule has 0 radical (unpaired) electrons. The van der Waals surface area contributed by atoms with E-state index in [-0.39, 0.29) is 5.91 Å². The number of β-amino-alcohol motifs (C(OH)–C–C–N with tert-alkyl or cyclic N) is 1. The number of hydrogen-bond donors (Lipinski definition) is 2. The lowest BCUT2D eigenvalue weighted by molar-refractivity contribution is -0.0668. The molecule has 1 saturated heterocycles. The maximum Gasteiger partial charge on any atom is 0.254 e. The van der Waals surface area contributed by atoms with E-state index in [1.807, 2.05) is 6.07 Å². The maximum atomic E-state index is 12.2. The van der Waals surface area contributed by atoms with Gasteiger partial charge >= 0.3 is 0 Å². The van der Waals surface area contributed by atoms with Crippen molar-refractivity contribution in [1.82, 2.24) is 25.5 Å². The minimum atomic E-state index is -0.763. The fourth-order valence-corrected chi connectivity index (χ4v) is 2.18. The third kappa shape index (κ3) is 2.19. The number of carbonyl (C=O) groups is 1. The molecule has 1 aromatic heterocycles. The van der Waals surface area contributed by atoms with Gasteiger partial charge in [0.05, 0.1) is 18.7 Å². The van der Waals surface area contributed by atoms with Gasteiger partial charge < -0.3 is 10.0 Å². The topological polar surface area (TPSA) is 95.0 Å². The van der Waals surface area contributed by atoms with Gasteiger partial charge in [0.15, 0.2) is 0 Å². The molecule has 1 fully saturated rings. The maximum absolute atomic E-state index is 12.2. The van der Waals surface area contributed by atoms with Crippen molar-refractivity contribution >= 4 is 5.91 Å². The second kappa shape index (κ2) is 4.13. The number of aliphatic hydroxyl groups is 1. The monoisotopic (exact) mass is 259 g/mol. The van der Waals surface area contributed by atoms with Crippen LogP contribution >= 0.6 is 0 Å². The second-order valence-corrected chi connectivity index (χ2v) is 4.97. The lowest BCUT2D eigenvalue weighted by atomic mass is 9.95. The van der Waals surface area contributed by atoms with Crippen LogP contribution in [-0.4, -0.2) is 55.2 Å². The van der Waals surface area contributed by atoms with E-state index in [1.54, 1.807) is 30.0 Å². The summed E-state index contributed by atoms with van der Waals surface area (Å²) in [5.74, 6) is 0.349. The van der Waals surface area contributed by atoms with Gasteiger partial charge in [0.25, 0.3) is 5.91 Å². The zero-order chi connectivity index (χ0) is 13.5. The summed E-state index contributed by atoms with van der Waals surface area (Å²) in [7, 11) is 0. The van der Waals surface area contributed by atoms with Gasteiger partial charge in [-0.1, -0.05) is 12.1 Å².